The van der Waals surface area contributed by atoms with Crippen molar-refractivity contribution in [1.82, 2.24) is 5.12 Å². The summed E-state index contributed by atoms with van der Waals surface area (Å²) in [5, 5.41) is 14.5. The second kappa shape index (κ2) is 10.7. The number of nitrogens with two attached hydrogens (primary N) is 1. The predicted octanol–water partition coefficient (Wildman–Crippen LogP) is 4.07. The molecule has 5 nitrogen and oxygen atoms in total. The molecule has 5 heteroatoms. The van der Waals surface area contributed by atoms with Gasteiger partial charge < -0.3 is 0 Å². The molecule has 0 bridgehead atoms. The lowest BCUT2D eigenvalue weighted by atomic mass is 9.98. The van der Waals surface area contributed by atoms with Gasteiger partial charge in [-0.3, -0.25) is 0 Å². The van der Waals surface area contributed by atoms with Gasteiger partial charge in [-0.2, -0.15) is 5.26 Å². The van der Waals surface area contributed by atoms with Crippen molar-refractivity contribution in [3.8, 4) is 6.07 Å². The summed E-state index contributed by atoms with van der Waals surface area (Å²) in [5.74, 6) is 6.45. The lowest BCUT2D eigenvalue weighted by molar-refractivity contribution is 0.332. The van der Waals surface area contributed by atoms with Gasteiger partial charge in [0.15, 0.2) is 5.84 Å². The maximum absolute atomic E-state index is 8.84. The Labute approximate surface area is 161 Å². The van der Waals surface area contributed by atoms with Gasteiger partial charge >= 0.3 is 0 Å². The lowest BCUT2D eigenvalue weighted by Crippen LogP contribution is -2.27. The van der Waals surface area contributed by atoms with Gasteiger partial charge in [0.1, 0.15) is 0 Å². The normalized spacial score (nSPS) is 14.8. The summed E-state index contributed by atoms with van der Waals surface area (Å²) in [4.78, 5) is 3.94. The first-order valence-corrected chi connectivity index (χ1v) is 8.87. The molecule has 1 aliphatic rings. The first-order chi connectivity index (χ1) is 13.1. The van der Waals surface area contributed by atoms with E-state index in [9.17, 15) is 0 Å². The molecule has 0 unspecified atom stereocenters. The van der Waals surface area contributed by atoms with E-state index < -0.39 is 0 Å². The largest absolute Gasteiger partial charge is 0.247 e. The summed E-state index contributed by atoms with van der Waals surface area (Å²) in [6.45, 7) is 6.16. The standard InChI is InChI=1S/C22H25N5/c1-18-8-5-6-10-21(18)9-4-3-7-15-27(24)26-22(25-2)16-19-11-13-20(17-23)14-12-19/h3-5,7-9,11-14H,2,6,10,15-16,24H2,1H3/b7-3+,9-4+,26-22-. The number of hydrogen-bond acceptors (Lipinski definition) is 4. The Morgan fingerprint density at radius 3 is 2.78 bits per heavy atom. The van der Waals surface area contributed by atoms with Crippen molar-refractivity contribution < 1.29 is 0 Å². The summed E-state index contributed by atoms with van der Waals surface area (Å²) in [5.41, 5.74) is 4.31. The minimum Gasteiger partial charge on any atom is -0.247 e. The van der Waals surface area contributed by atoms with Crippen molar-refractivity contribution in [2.75, 3.05) is 6.54 Å². The molecule has 0 spiro atoms. The van der Waals surface area contributed by atoms with Crippen LogP contribution in [0.15, 0.2) is 82.0 Å². The molecule has 138 valence electrons. The summed E-state index contributed by atoms with van der Waals surface area (Å²) < 4.78 is 0. The third-order valence-electron chi connectivity index (χ3n) is 4.16. The molecule has 0 saturated heterocycles. The highest BCUT2D eigenvalue weighted by Crippen LogP contribution is 2.19. The van der Waals surface area contributed by atoms with E-state index in [1.54, 1.807) is 12.1 Å². The third-order valence-corrected chi connectivity index (χ3v) is 4.16. The van der Waals surface area contributed by atoms with Crippen LogP contribution < -0.4 is 5.84 Å². The van der Waals surface area contributed by atoms with Gasteiger partial charge in [0.05, 0.1) is 18.2 Å². The number of allylic oxidation sites excluding steroid dienone is 7. The number of hydrazine groups is 1. The molecule has 0 atom stereocenters. The van der Waals surface area contributed by atoms with Gasteiger partial charge in [0, 0.05) is 6.42 Å². The van der Waals surface area contributed by atoms with Crippen molar-refractivity contribution in [3.05, 3.63) is 83.0 Å². The van der Waals surface area contributed by atoms with Crippen molar-refractivity contribution in [2.45, 2.75) is 26.2 Å². The molecular weight excluding hydrogens is 334 g/mol. The summed E-state index contributed by atoms with van der Waals surface area (Å²) >= 11 is 0. The molecule has 0 aromatic heterocycles. The zero-order chi connectivity index (χ0) is 19.5. The topological polar surface area (TPSA) is 77.8 Å². The molecule has 0 fully saturated rings. The van der Waals surface area contributed by atoms with Crippen molar-refractivity contribution in [2.24, 2.45) is 15.9 Å². The highest BCUT2D eigenvalue weighted by molar-refractivity contribution is 5.87. The van der Waals surface area contributed by atoms with Gasteiger partial charge in [-0.15, -0.1) is 5.10 Å². The number of aliphatic imine (C=N–C) groups is 1. The number of amidine groups is 1. The van der Waals surface area contributed by atoms with Gasteiger partial charge in [0.2, 0.25) is 0 Å². The zero-order valence-electron chi connectivity index (χ0n) is 15.7. The van der Waals surface area contributed by atoms with E-state index in [0.717, 1.165) is 18.4 Å². The molecule has 2 rings (SSSR count). The second-order valence-corrected chi connectivity index (χ2v) is 6.22. The van der Waals surface area contributed by atoms with Crippen LogP contribution in [-0.4, -0.2) is 24.2 Å². The van der Waals surface area contributed by atoms with Crippen LogP contribution in [-0.2, 0) is 6.42 Å². The van der Waals surface area contributed by atoms with Crippen LogP contribution in [0.5, 0.6) is 0 Å². The van der Waals surface area contributed by atoms with Gasteiger partial charge in [-0.1, -0.05) is 48.6 Å². The smallest absolute Gasteiger partial charge is 0.153 e. The lowest BCUT2D eigenvalue weighted by Gasteiger charge is -2.11. The number of nitrogens with zero attached hydrogens (tertiary/aromatic N) is 4. The maximum Gasteiger partial charge on any atom is 0.153 e. The summed E-state index contributed by atoms with van der Waals surface area (Å²) in [7, 11) is 0. The third kappa shape index (κ3) is 6.89. The van der Waals surface area contributed by atoms with Crippen LogP contribution in [0.25, 0.3) is 0 Å². The summed E-state index contributed by atoms with van der Waals surface area (Å²) in [6.07, 6.45) is 15.1. The maximum atomic E-state index is 8.84. The first kappa shape index (κ1) is 20.1. The second-order valence-electron chi connectivity index (χ2n) is 6.22. The number of nitriles is 1. The Balaban J connectivity index is 1.87. The minimum atomic E-state index is 0.467. The van der Waals surface area contributed by atoms with E-state index in [4.69, 9.17) is 11.1 Å². The van der Waals surface area contributed by atoms with Crippen LogP contribution >= 0.6 is 0 Å². The molecule has 0 saturated carbocycles. The molecule has 0 heterocycles. The van der Waals surface area contributed by atoms with Gasteiger partial charge in [-0.05, 0) is 55.3 Å². The number of hydrazone groups is 1. The Bertz CT molecular complexity index is 832. The molecule has 0 radical (unpaired) electrons. The number of benzene rings is 1. The van der Waals surface area contributed by atoms with Crippen molar-refractivity contribution in [1.29, 1.82) is 5.26 Å². The molecule has 2 N–H and O–H groups in total. The van der Waals surface area contributed by atoms with Gasteiger partial charge in [-0.25, -0.2) is 16.0 Å². The van der Waals surface area contributed by atoms with Crippen LogP contribution in [0.1, 0.15) is 30.9 Å². The monoisotopic (exact) mass is 359 g/mol. The average molecular weight is 359 g/mol. The molecule has 0 amide bonds. The highest BCUT2D eigenvalue weighted by atomic mass is 15.6. The van der Waals surface area contributed by atoms with E-state index in [-0.39, 0.29) is 0 Å². The Hall–Kier alpha value is -3.23. The fourth-order valence-corrected chi connectivity index (χ4v) is 2.63. The molecule has 0 aliphatic heterocycles. The highest BCUT2D eigenvalue weighted by Gasteiger charge is 2.02. The van der Waals surface area contributed by atoms with Crippen molar-refractivity contribution >= 4 is 12.6 Å². The first-order valence-electron chi connectivity index (χ1n) is 8.87. The van der Waals surface area contributed by atoms with E-state index in [1.807, 2.05) is 30.4 Å². The Morgan fingerprint density at radius 2 is 2.11 bits per heavy atom. The average Bonchev–Trinajstić information content (AvgIpc) is 2.69. The van der Waals surface area contributed by atoms with E-state index in [1.165, 1.54) is 16.3 Å². The van der Waals surface area contributed by atoms with Crippen molar-refractivity contribution in [3.63, 3.8) is 0 Å². The minimum absolute atomic E-state index is 0.467. The van der Waals surface area contributed by atoms with Crippen LogP contribution in [0.4, 0.5) is 0 Å². The molecule has 1 aromatic carbocycles. The van der Waals surface area contributed by atoms with Gasteiger partial charge in [0.25, 0.3) is 0 Å². The molecular formula is C22H25N5. The number of hydrogen-bond donors (Lipinski definition) is 1. The Morgan fingerprint density at radius 1 is 1.33 bits per heavy atom. The molecule has 27 heavy (non-hydrogen) atoms. The van der Waals surface area contributed by atoms with Crippen LogP contribution in [0, 0.1) is 11.3 Å². The predicted molar refractivity (Wildman–Crippen MR) is 112 cm³/mol. The van der Waals surface area contributed by atoms with E-state index in [0.29, 0.717) is 24.4 Å². The zero-order valence-corrected chi connectivity index (χ0v) is 15.7. The summed E-state index contributed by atoms with van der Waals surface area (Å²) in [6, 6.07) is 9.39. The quantitative estimate of drug-likeness (QED) is 0.262. The van der Waals surface area contributed by atoms with Crippen LogP contribution in [0.2, 0.25) is 0 Å². The fraction of sp³-hybridized carbons (Fsp3) is 0.227. The SMILES string of the molecule is C=N/C(Cc1ccc(C#N)cc1)=N\N(N)C/C=C/C=C/C1=C(C)C=CCC1. The van der Waals surface area contributed by atoms with Crippen LogP contribution in [0.3, 0.4) is 0 Å². The molecule has 1 aromatic rings. The Kier molecular flexibility index (Phi) is 7.95. The van der Waals surface area contributed by atoms with E-state index in [2.05, 4.69) is 48.0 Å². The molecule has 1 aliphatic carbocycles. The number of rotatable bonds is 7. The van der Waals surface area contributed by atoms with E-state index >= 15 is 0 Å². The fourth-order valence-electron chi connectivity index (χ4n) is 2.63.